The number of benzene rings is 1. The molecule has 4 nitrogen and oxygen atoms in total. The van der Waals surface area contributed by atoms with Gasteiger partial charge in [-0.1, -0.05) is 6.92 Å². The highest BCUT2D eigenvalue weighted by Gasteiger charge is 2.03. The molecule has 0 fully saturated rings. The molecule has 0 bridgehead atoms. The molecule has 0 aliphatic rings. The van der Waals surface area contributed by atoms with Crippen LogP contribution >= 0.6 is 0 Å². The number of aromatic amines is 1. The third-order valence-corrected chi connectivity index (χ3v) is 2.77. The van der Waals surface area contributed by atoms with Crippen molar-refractivity contribution < 1.29 is 4.39 Å². The van der Waals surface area contributed by atoms with Gasteiger partial charge in [-0.25, -0.2) is 9.37 Å². The molecule has 5 heteroatoms. The van der Waals surface area contributed by atoms with Crippen LogP contribution in [0.25, 0.3) is 11.0 Å². The fraction of sp³-hybridized carbons (Fsp3) is 0.417. The van der Waals surface area contributed by atoms with Crippen LogP contribution in [0.1, 0.15) is 6.92 Å². The average molecular weight is 236 g/mol. The van der Waals surface area contributed by atoms with Crippen LogP contribution in [0.4, 0.5) is 10.3 Å². The van der Waals surface area contributed by atoms with Gasteiger partial charge in [0.05, 0.1) is 11.0 Å². The first-order valence-electron chi connectivity index (χ1n) is 5.76. The summed E-state index contributed by atoms with van der Waals surface area (Å²) in [6.45, 7) is 4.89. The standard InChI is InChI=1S/C12H17FN4/c1-3-17(2)7-6-14-12-15-10-5-4-9(13)8-11(10)16-12/h4-5,8H,3,6-7H2,1-2H3,(H2,14,15,16). The number of H-pyrrole nitrogens is 1. The van der Waals surface area contributed by atoms with Crippen molar-refractivity contribution in [3.63, 3.8) is 0 Å². The third kappa shape index (κ3) is 2.94. The van der Waals surface area contributed by atoms with Gasteiger partial charge in [0.2, 0.25) is 5.95 Å². The fourth-order valence-corrected chi connectivity index (χ4v) is 1.59. The van der Waals surface area contributed by atoms with E-state index in [1.54, 1.807) is 6.07 Å². The van der Waals surface area contributed by atoms with Crippen LogP contribution in [0.15, 0.2) is 18.2 Å². The van der Waals surface area contributed by atoms with Crippen LogP contribution in [0, 0.1) is 5.82 Å². The number of anilines is 1. The van der Waals surface area contributed by atoms with Gasteiger partial charge in [0.1, 0.15) is 5.82 Å². The molecule has 0 radical (unpaired) electrons. The molecule has 0 aliphatic heterocycles. The zero-order valence-corrected chi connectivity index (χ0v) is 10.1. The lowest BCUT2D eigenvalue weighted by molar-refractivity contribution is 0.367. The Kier molecular flexibility index (Phi) is 3.58. The van der Waals surface area contributed by atoms with Gasteiger partial charge in [-0.15, -0.1) is 0 Å². The van der Waals surface area contributed by atoms with E-state index in [1.807, 2.05) is 0 Å². The van der Waals surface area contributed by atoms with Crippen molar-refractivity contribution in [1.82, 2.24) is 14.9 Å². The van der Waals surface area contributed by atoms with Crippen molar-refractivity contribution in [3.05, 3.63) is 24.0 Å². The van der Waals surface area contributed by atoms with Crippen LogP contribution in [-0.4, -0.2) is 41.5 Å². The molecular weight excluding hydrogens is 219 g/mol. The van der Waals surface area contributed by atoms with Crippen LogP contribution in [0.3, 0.4) is 0 Å². The normalized spacial score (nSPS) is 11.3. The Morgan fingerprint density at radius 3 is 3.06 bits per heavy atom. The Morgan fingerprint density at radius 2 is 2.29 bits per heavy atom. The lowest BCUT2D eigenvalue weighted by Gasteiger charge is -2.13. The summed E-state index contributed by atoms with van der Waals surface area (Å²) in [5.74, 6) is 0.438. The first kappa shape index (κ1) is 11.9. The van der Waals surface area contributed by atoms with E-state index in [0.29, 0.717) is 5.95 Å². The monoisotopic (exact) mass is 236 g/mol. The van der Waals surface area contributed by atoms with Gasteiger partial charge < -0.3 is 15.2 Å². The molecule has 0 amide bonds. The molecular formula is C12H17FN4. The largest absolute Gasteiger partial charge is 0.355 e. The summed E-state index contributed by atoms with van der Waals surface area (Å²) < 4.78 is 13.0. The molecule has 0 spiro atoms. The maximum atomic E-state index is 13.0. The molecule has 1 aromatic heterocycles. The van der Waals surface area contributed by atoms with Gasteiger partial charge in [0, 0.05) is 13.1 Å². The van der Waals surface area contributed by atoms with Gasteiger partial charge in [0.15, 0.2) is 0 Å². The minimum atomic E-state index is -0.251. The minimum Gasteiger partial charge on any atom is -0.355 e. The van der Waals surface area contributed by atoms with Crippen LogP contribution in [0.2, 0.25) is 0 Å². The number of aromatic nitrogens is 2. The molecule has 2 N–H and O–H groups in total. The molecule has 1 aromatic carbocycles. The Balaban J connectivity index is 1.99. The second-order valence-electron chi connectivity index (χ2n) is 4.07. The zero-order valence-electron chi connectivity index (χ0n) is 10.1. The van der Waals surface area contributed by atoms with E-state index in [2.05, 4.69) is 34.2 Å². The smallest absolute Gasteiger partial charge is 0.201 e. The average Bonchev–Trinajstić information content (AvgIpc) is 2.70. The number of fused-ring (bicyclic) bond motifs is 1. The molecule has 17 heavy (non-hydrogen) atoms. The van der Waals surface area contributed by atoms with Gasteiger partial charge in [-0.3, -0.25) is 0 Å². The topological polar surface area (TPSA) is 44.0 Å². The molecule has 1 heterocycles. The van der Waals surface area contributed by atoms with Crippen molar-refractivity contribution in [3.8, 4) is 0 Å². The molecule has 2 rings (SSSR count). The van der Waals surface area contributed by atoms with Crippen molar-refractivity contribution in [2.75, 3.05) is 32.0 Å². The van der Waals surface area contributed by atoms with Crippen molar-refractivity contribution >= 4 is 17.0 Å². The van der Waals surface area contributed by atoms with Gasteiger partial charge in [-0.05, 0) is 31.8 Å². The summed E-state index contributed by atoms with van der Waals surface area (Å²) in [5, 5.41) is 3.19. The lowest BCUT2D eigenvalue weighted by Crippen LogP contribution is -2.24. The summed E-state index contributed by atoms with van der Waals surface area (Å²) in [6.07, 6.45) is 0. The van der Waals surface area contributed by atoms with E-state index in [1.165, 1.54) is 12.1 Å². The van der Waals surface area contributed by atoms with Crippen molar-refractivity contribution in [1.29, 1.82) is 0 Å². The highest BCUT2D eigenvalue weighted by Crippen LogP contribution is 2.14. The van der Waals surface area contributed by atoms with Crippen LogP contribution < -0.4 is 5.32 Å². The van der Waals surface area contributed by atoms with Gasteiger partial charge in [-0.2, -0.15) is 0 Å². The molecule has 0 aliphatic carbocycles. The van der Waals surface area contributed by atoms with E-state index in [0.717, 1.165) is 30.7 Å². The maximum Gasteiger partial charge on any atom is 0.201 e. The SMILES string of the molecule is CCN(C)CCNc1nc2ccc(F)cc2[nH]1. The maximum absolute atomic E-state index is 13.0. The Bertz CT molecular complexity index is 494. The van der Waals surface area contributed by atoms with E-state index < -0.39 is 0 Å². The van der Waals surface area contributed by atoms with E-state index in [-0.39, 0.29) is 5.82 Å². The number of hydrogen-bond donors (Lipinski definition) is 2. The molecule has 0 unspecified atom stereocenters. The predicted molar refractivity (Wildman–Crippen MR) is 67.7 cm³/mol. The second-order valence-corrected chi connectivity index (χ2v) is 4.07. The van der Waals surface area contributed by atoms with Gasteiger partial charge in [0.25, 0.3) is 0 Å². The van der Waals surface area contributed by atoms with Crippen LogP contribution in [-0.2, 0) is 0 Å². The lowest BCUT2D eigenvalue weighted by atomic mass is 10.3. The highest BCUT2D eigenvalue weighted by atomic mass is 19.1. The van der Waals surface area contributed by atoms with Crippen molar-refractivity contribution in [2.24, 2.45) is 0 Å². The zero-order chi connectivity index (χ0) is 12.3. The van der Waals surface area contributed by atoms with E-state index in [4.69, 9.17) is 0 Å². The minimum absolute atomic E-state index is 0.251. The van der Waals surface area contributed by atoms with Gasteiger partial charge >= 0.3 is 0 Å². The second kappa shape index (κ2) is 5.14. The molecule has 92 valence electrons. The van der Waals surface area contributed by atoms with E-state index in [9.17, 15) is 4.39 Å². The van der Waals surface area contributed by atoms with E-state index >= 15 is 0 Å². The molecule has 0 saturated carbocycles. The molecule has 0 atom stereocenters. The highest BCUT2D eigenvalue weighted by molar-refractivity contribution is 5.77. The molecule has 2 aromatic rings. The van der Waals surface area contributed by atoms with Crippen molar-refractivity contribution in [2.45, 2.75) is 6.92 Å². The third-order valence-electron chi connectivity index (χ3n) is 2.77. The predicted octanol–water partition coefficient (Wildman–Crippen LogP) is 2.07. The Labute approximate surface area is 99.8 Å². The summed E-state index contributed by atoms with van der Waals surface area (Å²) in [6, 6.07) is 4.54. The summed E-state index contributed by atoms with van der Waals surface area (Å²) in [5.41, 5.74) is 1.49. The number of likely N-dealkylation sites (N-methyl/N-ethyl adjacent to an activating group) is 1. The number of rotatable bonds is 5. The number of nitrogens with one attached hydrogen (secondary N) is 2. The Hall–Kier alpha value is -1.62. The summed E-state index contributed by atoms with van der Waals surface area (Å²) >= 11 is 0. The summed E-state index contributed by atoms with van der Waals surface area (Å²) in [4.78, 5) is 9.58. The number of nitrogens with zero attached hydrogens (tertiary/aromatic N) is 2. The Morgan fingerprint density at radius 1 is 1.47 bits per heavy atom. The van der Waals surface area contributed by atoms with Crippen LogP contribution in [0.5, 0.6) is 0 Å². The first-order valence-corrected chi connectivity index (χ1v) is 5.76. The molecule has 0 saturated heterocycles. The number of hydrogen-bond acceptors (Lipinski definition) is 3. The fourth-order valence-electron chi connectivity index (χ4n) is 1.59. The summed E-state index contributed by atoms with van der Waals surface area (Å²) in [7, 11) is 2.07. The number of halogens is 1. The first-order chi connectivity index (χ1) is 8.19. The number of imidazole rings is 1. The quantitative estimate of drug-likeness (QED) is 0.835.